The molecule has 0 bridgehead atoms. The minimum Gasteiger partial charge on any atom is -0.368 e. The minimum atomic E-state index is -4.48. The first-order valence-corrected chi connectivity index (χ1v) is 14.9. The van der Waals surface area contributed by atoms with Crippen LogP contribution in [-0.4, -0.2) is 60.4 Å². The van der Waals surface area contributed by atoms with E-state index in [4.69, 9.17) is 0 Å². The van der Waals surface area contributed by atoms with Crippen molar-refractivity contribution in [2.24, 2.45) is 5.92 Å². The number of hydrogen-bond acceptors (Lipinski definition) is 4. The van der Waals surface area contributed by atoms with E-state index >= 15 is 0 Å². The van der Waals surface area contributed by atoms with Crippen LogP contribution in [0.4, 0.5) is 35.0 Å². The Labute approximate surface area is 254 Å². The number of amides is 4. The molecular formula is C33H36F3N5O3. The van der Waals surface area contributed by atoms with Gasteiger partial charge in [-0.2, -0.15) is 13.2 Å². The lowest BCUT2D eigenvalue weighted by Gasteiger charge is -2.36. The highest BCUT2D eigenvalue weighted by Crippen LogP contribution is 2.31. The van der Waals surface area contributed by atoms with Crippen molar-refractivity contribution >= 4 is 34.9 Å². The van der Waals surface area contributed by atoms with Gasteiger partial charge in [-0.25, -0.2) is 4.79 Å². The molecule has 1 saturated heterocycles. The highest BCUT2D eigenvalue weighted by Gasteiger charge is 2.31. The van der Waals surface area contributed by atoms with Gasteiger partial charge in [0.1, 0.15) is 6.54 Å². The number of nitrogens with zero attached hydrogens (tertiary/aromatic N) is 3. The number of rotatable bonds is 8. The molecule has 232 valence electrons. The molecule has 2 aliphatic rings. The summed E-state index contributed by atoms with van der Waals surface area (Å²) in [6, 6.07) is 21.2. The summed E-state index contributed by atoms with van der Waals surface area (Å²) in [5.41, 5.74) is 1.79. The zero-order valence-electron chi connectivity index (χ0n) is 24.4. The fourth-order valence-corrected chi connectivity index (χ4v) is 5.72. The predicted octanol–water partition coefficient (Wildman–Crippen LogP) is 6.22. The second-order valence-corrected chi connectivity index (χ2v) is 11.2. The molecule has 8 nitrogen and oxygen atoms in total. The average Bonchev–Trinajstić information content (AvgIpc) is 3.56. The second-order valence-electron chi connectivity index (χ2n) is 11.2. The number of piperazine rings is 1. The van der Waals surface area contributed by atoms with E-state index in [2.05, 4.69) is 15.5 Å². The zero-order chi connectivity index (χ0) is 31.1. The largest absolute Gasteiger partial charge is 0.416 e. The first-order valence-electron chi connectivity index (χ1n) is 14.9. The smallest absolute Gasteiger partial charge is 0.368 e. The summed E-state index contributed by atoms with van der Waals surface area (Å²) in [5, 5.41) is 5.47. The molecule has 5 rings (SSSR count). The Balaban J connectivity index is 1.12. The van der Waals surface area contributed by atoms with Gasteiger partial charge in [-0.15, -0.1) is 0 Å². The average molecular weight is 608 g/mol. The van der Waals surface area contributed by atoms with Crippen molar-refractivity contribution in [3.63, 3.8) is 0 Å². The van der Waals surface area contributed by atoms with Gasteiger partial charge in [0, 0.05) is 55.7 Å². The third kappa shape index (κ3) is 8.09. The molecule has 1 aliphatic carbocycles. The maximum atomic E-state index is 13.2. The maximum absolute atomic E-state index is 13.2. The van der Waals surface area contributed by atoms with E-state index in [0.29, 0.717) is 38.4 Å². The second kappa shape index (κ2) is 13.8. The van der Waals surface area contributed by atoms with Crippen LogP contribution in [0.15, 0.2) is 78.9 Å². The number of halogens is 3. The maximum Gasteiger partial charge on any atom is 0.416 e. The molecule has 1 heterocycles. The molecule has 3 aromatic rings. The van der Waals surface area contributed by atoms with Crippen molar-refractivity contribution in [3.05, 3.63) is 90.0 Å². The van der Waals surface area contributed by atoms with E-state index in [1.54, 1.807) is 21.9 Å². The first kappa shape index (κ1) is 30.9. The van der Waals surface area contributed by atoms with Crippen molar-refractivity contribution in [1.82, 2.24) is 9.80 Å². The van der Waals surface area contributed by atoms with Crippen LogP contribution in [0.3, 0.4) is 0 Å². The van der Waals surface area contributed by atoms with Crippen molar-refractivity contribution in [2.45, 2.75) is 38.4 Å². The molecule has 1 aliphatic heterocycles. The third-order valence-electron chi connectivity index (χ3n) is 8.09. The molecule has 0 atom stereocenters. The van der Waals surface area contributed by atoms with Crippen LogP contribution in [0.2, 0.25) is 0 Å². The van der Waals surface area contributed by atoms with Crippen LogP contribution >= 0.6 is 0 Å². The monoisotopic (exact) mass is 607 g/mol. The van der Waals surface area contributed by atoms with Crippen LogP contribution < -0.4 is 15.5 Å². The molecule has 0 aromatic heterocycles. The Morgan fingerprint density at radius 3 is 2.14 bits per heavy atom. The number of alkyl halides is 3. The van der Waals surface area contributed by atoms with Gasteiger partial charge < -0.3 is 25.3 Å². The van der Waals surface area contributed by atoms with Gasteiger partial charge in [0.05, 0.1) is 5.56 Å². The van der Waals surface area contributed by atoms with E-state index in [-0.39, 0.29) is 30.0 Å². The van der Waals surface area contributed by atoms with Gasteiger partial charge in [0.2, 0.25) is 11.8 Å². The van der Waals surface area contributed by atoms with Gasteiger partial charge in [-0.05, 0) is 60.9 Å². The fourth-order valence-electron chi connectivity index (χ4n) is 5.72. The highest BCUT2D eigenvalue weighted by molar-refractivity contribution is 5.95. The molecule has 44 heavy (non-hydrogen) atoms. The minimum absolute atomic E-state index is 0.0273. The van der Waals surface area contributed by atoms with Crippen molar-refractivity contribution in [3.8, 4) is 0 Å². The van der Waals surface area contributed by atoms with E-state index in [1.165, 1.54) is 12.1 Å². The lowest BCUT2D eigenvalue weighted by atomic mass is 10.1. The molecule has 0 spiro atoms. The van der Waals surface area contributed by atoms with E-state index in [9.17, 15) is 27.6 Å². The standard InChI is InChI=1S/C33H36F3N5O3/c34-33(35,36)26-11-6-12-28(21-26)38-32(44)40-19-17-39(18-20-40)29-15-13-27(14-16-29)37-30(42)23-41(22-24-7-2-1-3-8-24)31(43)25-9-4-5-10-25/h1-3,6-8,11-16,21,25H,4-5,9-10,17-20,22-23H2,(H,37,42)(H,38,44). The van der Waals surface area contributed by atoms with Crippen LogP contribution in [0.5, 0.6) is 0 Å². The molecule has 2 N–H and O–H groups in total. The van der Waals surface area contributed by atoms with Gasteiger partial charge in [-0.3, -0.25) is 9.59 Å². The third-order valence-corrected chi connectivity index (χ3v) is 8.09. The van der Waals surface area contributed by atoms with Crippen molar-refractivity contribution in [1.29, 1.82) is 0 Å². The van der Waals surface area contributed by atoms with E-state index in [1.807, 2.05) is 42.5 Å². The van der Waals surface area contributed by atoms with Gasteiger partial charge in [-0.1, -0.05) is 49.2 Å². The molecule has 2 fully saturated rings. The Kier molecular flexibility index (Phi) is 9.72. The van der Waals surface area contributed by atoms with Crippen LogP contribution in [0.1, 0.15) is 36.8 Å². The van der Waals surface area contributed by atoms with Gasteiger partial charge in [0.15, 0.2) is 0 Å². The summed E-state index contributed by atoms with van der Waals surface area (Å²) in [5.74, 6) is -0.266. The molecule has 0 unspecified atom stereocenters. The van der Waals surface area contributed by atoms with Gasteiger partial charge in [0.25, 0.3) is 0 Å². The Morgan fingerprint density at radius 2 is 1.48 bits per heavy atom. The summed E-state index contributed by atoms with van der Waals surface area (Å²) >= 11 is 0. The normalized spacial score (nSPS) is 15.6. The SMILES string of the molecule is O=C(CN(Cc1ccccc1)C(=O)C1CCCC1)Nc1ccc(N2CCN(C(=O)Nc3cccc(C(F)(F)F)c3)CC2)cc1. The van der Waals surface area contributed by atoms with Crippen LogP contribution in [-0.2, 0) is 22.3 Å². The molecule has 0 radical (unpaired) electrons. The fraction of sp³-hybridized carbons (Fsp3) is 0.364. The number of carbonyl (C=O) groups is 3. The summed E-state index contributed by atoms with van der Waals surface area (Å²) in [4.78, 5) is 44.2. The molecular weight excluding hydrogens is 571 g/mol. The Morgan fingerprint density at radius 1 is 0.795 bits per heavy atom. The van der Waals surface area contributed by atoms with E-state index in [0.717, 1.165) is 49.1 Å². The van der Waals surface area contributed by atoms with Crippen molar-refractivity contribution in [2.75, 3.05) is 48.3 Å². The Bertz CT molecular complexity index is 1440. The molecule has 11 heteroatoms. The lowest BCUT2D eigenvalue weighted by molar-refractivity contribution is -0.139. The molecule has 3 aromatic carbocycles. The molecule has 4 amide bonds. The van der Waals surface area contributed by atoms with Crippen LogP contribution in [0, 0.1) is 5.92 Å². The first-order chi connectivity index (χ1) is 21.2. The summed E-state index contributed by atoms with van der Waals surface area (Å²) in [6.45, 7) is 2.23. The highest BCUT2D eigenvalue weighted by atomic mass is 19.4. The summed E-state index contributed by atoms with van der Waals surface area (Å²) < 4.78 is 39.0. The predicted molar refractivity (Wildman–Crippen MR) is 163 cm³/mol. The number of carbonyl (C=O) groups excluding carboxylic acids is 3. The van der Waals surface area contributed by atoms with Crippen molar-refractivity contribution < 1.29 is 27.6 Å². The number of hydrogen-bond donors (Lipinski definition) is 2. The zero-order valence-corrected chi connectivity index (χ0v) is 24.4. The summed E-state index contributed by atoms with van der Waals surface area (Å²) in [6.07, 6.45) is -0.683. The Hall–Kier alpha value is -4.54. The number of anilines is 3. The quantitative estimate of drug-likeness (QED) is 0.319. The number of urea groups is 1. The summed E-state index contributed by atoms with van der Waals surface area (Å²) in [7, 11) is 0. The number of nitrogens with one attached hydrogen (secondary N) is 2. The van der Waals surface area contributed by atoms with Crippen LogP contribution in [0.25, 0.3) is 0 Å². The van der Waals surface area contributed by atoms with Gasteiger partial charge >= 0.3 is 12.2 Å². The number of benzene rings is 3. The van der Waals surface area contributed by atoms with E-state index < -0.39 is 17.8 Å². The lowest BCUT2D eigenvalue weighted by Crippen LogP contribution is -2.50. The molecule has 1 saturated carbocycles. The topological polar surface area (TPSA) is 85.0 Å².